The van der Waals surface area contributed by atoms with Gasteiger partial charge in [-0.25, -0.2) is 4.57 Å². The lowest BCUT2D eigenvalue weighted by Gasteiger charge is -2.36. The molecule has 1 aromatic heterocycles. The molecule has 2 aromatic rings. The van der Waals surface area contributed by atoms with E-state index >= 15 is 0 Å². The number of imidazole rings is 1. The third-order valence-electron chi connectivity index (χ3n) is 5.99. The molecule has 12 heteroatoms. The normalized spacial score (nSPS) is 12.2. The van der Waals surface area contributed by atoms with Crippen molar-refractivity contribution in [3.05, 3.63) is 56.3 Å². The summed E-state index contributed by atoms with van der Waals surface area (Å²) in [5.41, 5.74) is 1.05. The number of methoxy groups -OCH3 is 1. The highest BCUT2D eigenvalue weighted by atomic mass is 28.4. The molecule has 0 unspecified atom stereocenters. The second-order valence-electron chi connectivity index (χ2n) is 9.34. The maximum absolute atomic E-state index is 11.3. The van der Waals surface area contributed by atoms with Gasteiger partial charge < -0.3 is 29.4 Å². The Kier molecular flexibility index (Phi) is 8.69. The monoisotopic (exact) mass is 479 g/mol. The van der Waals surface area contributed by atoms with E-state index in [-0.39, 0.29) is 11.6 Å². The molecule has 0 amide bonds. The van der Waals surface area contributed by atoms with Gasteiger partial charge in [-0.1, -0.05) is 32.9 Å². The smallest absolute Gasteiger partial charge is 0.439 e. The van der Waals surface area contributed by atoms with E-state index in [0.717, 1.165) is 17.5 Å². The molecule has 2 rings (SSSR count). The zero-order chi connectivity index (χ0) is 24.8. The number of rotatable bonds is 12. The summed E-state index contributed by atoms with van der Waals surface area (Å²) in [4.78, 5) is 26.5. The second-order valence-corrected chi connectivity index (χ2v) is 14.1. The summed E-state index contributed by atoms with van der Waals surface area (Å²) in [5, 5.41) is 22.4. The van der Waals surface area contributed by atoms with Crippen LogP contribution in [-0.4, -0.2) is 59.4 Å². The molecule has 0 spiro atoms. The fraction of sp³-hybridized carbons (Fsp3) is 0.571. The van der Waals surface area contributed by atoms with E-state index < -0.39 is 29.9 Å². The van der Waals surface area contributed by atoms with Gasteiger partial charge in [-0.05, 0) is 50.7 Å². The summed E-state index contributed by atoms with van der Waals surface area (Å²) in [5.74, 6) is -0.318. The zero-order valence-electron chi connectivity index (χ0n) is 20.1. The average Bonchev–Trinajstić information content (AvgIpc) is 3.16. The number of ether oxygens (including phenoxy) is 1. The van der Waals surface area contributed by atoms with Crippen LogP contribution < -0.4 is 4.74 Å². The van der Waals surface area contributed by atoms with Gasteiger partial charge in [-0.3, -0.25) is 4.90 Å². The van der Waals surface area contributed by atoms with Crippen molar-refractivity contribution in [2.75, 3.05) is 26.8 Å². The van der Waals surface area contributed by atoms with Crippen LogP contribution in [0.15, 0.2) is 30.5 Å². The van der Waals surface area contributed by atoms with E-state index in [2.05, 4.69) is 43.7 Å². The largest absolute Gasteiger partial charge is 0.497 e. The van der Waals surface area contributed by atoms with Crippen LogP contribution in [0.2, 0.25) is 18.1 Å². The summed E-state index contributed by atoms with van der Waals surface area (Å²) in [6, 6.07) is 7.68. The van der Waals surface area contributed by atoms with E-state index in [1.807, 2.05) is 24.3 Å². The van der Waals surface area contributed by atoms with E-state index in [9.17, 15) is 20.2 Å². The van der Waals surface area contributed by atoms with Gasteiger partial charge in [0.25, 0.3) is 0 Å². The van der Waals surface area contributed by atoms with Crippen molar-refractivity contribution in [3.8, 4) is 5.75 Å². The molecule has 182 valence electrons. The van der Waals surface area contributed by atoms with Gasteiger partial charge in [0.2, 0.25) is 0 Å². The highest BCUT2D eigenvalue weighted by Gasteiger charge is 2.37. The predicted octanol–water partition coefficient (Wildman–Crippen LogP) is 4.23. The van der Waals surface area contributed by atoms with Crippen LogP contribution in [-0.2, 0) is 17.5 Å². The summed E-state index contributed by atoms with van der Waals surface area (Å²) >= 11 is 0. The predicted molar refractivity (Wildman–Crippen MR) is 127 cm³/mol. The van der Waals surface area contributed by atoms with Crippen molar-refractivity contribution < 1.29 is 19.0 Å². The Hall–Kier alpha value is -2.83. The van der Waals surface area contributed by atoms with Gasteiger partial charge >= 0.3 is 11.8 Å². The van der Waals surface area contributed by atoms with Crippen molar-refractivity contribution in [1.82, 2.24) is 14.5 Å². The van der Waals surface area contributed by atoms with Crippen molar-refractivity contribution in [2.24, 2.45) is 0 Å². The Bertz CT molecular complexity index is 955. The van der Waals surface area contributed by atoms with Gasteiger partial charge in [0.1, 0.15) is 5.75 Å². The Balaban J connectivity index is 2.14. The van der Waals surface area contributed by atoms with Crippen molar-refractivity contribution in [2.45, 2.75) is 52.0 Å². The molecule has 1 heterocycles. The van der Waals surface area contributed by atoms with Crippen LogP contribution in [0.5, 0.6) is 5.75 Å². The summed E-state index contributed by atoms with van der Waals surface area (Å²) in [7, 11) is -0.311. The first-order chi connectivity index (χ1) is 15.3. The Morgan fingerprint density at radius 2 is 1.73 bits per heavy atom. The third-order valence-corrected chi connectivity index (χ3v) is 10.5. The van der Waals surface area contributed by atoms with Crippen molar-refractivity contribution in [1.29, 1.82) is 0 Å². The summed E-state index contributed by atoms with van der Waals surface area (Å²) in [6.07, 6.45) is 1.11. The highest BCUT2D eigenvalue weighted by molar-refractivity contribution is 6.74. The number of hydrogen-bond acceptors (Lipinski definition) is 8. The first-order valence-electron chi connectivity index (χ1n) is 10.7. The zero-order valence-corrected chi connectivity index (χ0v) is 21.1. The number of benzene rings is 1. The lowest BCUT2D eigenvalue weighted by atomic mass is 10.2. The third kappa shape index (κ3) is 7.34. The molecule has 0 saturated carbocycles. The molecule has 0 aliphatic rings. The molecule has 0 fully saturated rings. The summed E-state index contributed by atoms with van der Waals surface area (Å²) < 4.78 is 12.7. The highest BCUT2D eigenvalue weighted by Crippen LogP contribution is 2.36. The summed E-state index contributed by atoms with van der Waals surface area (Å²) in [6.45, 7) is 13.3. The quantitative estimate of drug-likeness (QED) is 0.251. The Labute approximate surface area is 194 Å². The first-order valence-corrected chi connectivity index (χ1v) is 13.6. The standard InChI is InChI=1S/C21H33N5O6Si/c1-21(2,3)33(5,6)32-14-13-23(15-17-7-9-18(31-4)10-8-17)11-12-24-16-19(25(27)28)22-20(24)26(29)30/h7-10,16H,11-15H2,1-6H3. The van der Waals surface area contributed by atoms with Gasteiger partial charge in [0, 0.05) is 26.2 Å². The van der Waals surface area contributed by atoms with E-state index in [1.165, 1.54) is 4.57 Å². The van der Waals surface area contributed by atoms with Crippen molar-refractivity contribution >= 4 is 20.1 Å². The van der Waals surface area contributed by atoms with Crippen LogP contribution in [0.3, 0.4) is 0 Å². The SMILES string of the molecule is COc1ccc(CN(CCO[Si](C)(C)C(C)(C)C)CCn2cc([N+](=O)[O-])nc2[N+](=O)[O-])cc1. The number of hydrogen-bond donors (Lipinski definition) is 0. The van der Waals surface area contributed by atoms with Gasteiger partial charge in [-0.15, -0.1) is 0 Å². The first kappa shape index (κ1) is 26.4. The fourth-order valence-corrected chi connectivity index (χ4v) is 3.98. The lowest BCUT2D eigenvalue weighted by molar-refractivity contribution is -0.403. The lowest BCUT2D eigenvalue weighted by Crippen LogP contribution is -2.43. The van der Waals surface area contributed by atoms with Crippen LogP contribution in [0.25, 0.3) is 0 Å². The number of aromatic nitrogens is 2. The molecule has 33 heavy (non-hydrogen) atoms. The molecule has 0 N–H and O–H groups in total. The molecular weight excluding hydrogens is 446 g/mol. The minimum absolute atomic E-state index is 0.0875. The van der Waals surface area contributed by atoms with Gasteiger partial charge in [0.15, 0.2) is 14.5 Å². The maximum atomic E-state index is 11.3. The van der Waals surface area contributed by atoms with Crippen LogP contribution in [0, 0.1) is 20.2 Å². The number of nitrogens with zero attached hydrogens (tertiary/aromatic N) is 5. The average molecular weight is 480 g/mol. The van der Waals surface area contributed by atoms with Gasteiger partial charge in [0.05, 0.1) is 13.7 Å². The molecule has 0 radical (unpaired) electrons. The van der Waals surface area contributed by atoms with Gasteiger partial charge in [-0.2, -0.15) is 0 Å². The molecule has 0 bridgehead atoms. The van der Waals surface area contributed by atoms with Crippen molar-refractivity contribution in [3.63, 3.8) is 0 Å². The molecule has 1 aromatic carbocycles. The molecule has 11 nitrogen and oxygen atoms in total. The van der Waals surface area contributed by atoms with Crippen LogP contribution in [0.1, 0.15) is 26.3 Å². The maximum Gasteiger partial charge on any atom is 0.439 e. The molecule has 0 saturated heterocycles. The number of nitro groups is 2. The van der Waals surface area contributed by atoms with Crippen LogP contribution in [0.4, 0.5) is 11.8 Å². The molecular formula is C21H33N5O6Si. The minimum Gasteiger partial charge on any atom is -0.497 e. The molecule has 0 atom stereocenters. The second kappa shape index (κ2) is 10.9. The van der Waals surface area contributed by atoms with E-state index in [0.29, 0.717) is 26.2 Å². The minimum atomic E-state index is -1.92. The van der Waals surface area contributed by atoms with E-state index in [1.54, 1.807) is 7.11 Å². The molecule has 0 aliphatic carbocycles. The Morgan fingerprint density at radius 1 is 1.09 bits per heavy atom. The topological polar surface area (TPSA) is 126 Å². The van der Waals surface area contributed by atoms with E-state index in [4.69, 9.17) is 9.16 Å². The van der Waals surface area contributed by atoms with Crippen LogP contribution >= 0.6 is 0 Å². The molecule has 0 aliphatic heterocycles. The Morgan fingerprint density at radius 3 is 2.24 bits per heavy atom. The fourth-order valence-electron chi connectivity index (χ4n) is 2.95.